The Hall–Kier alpha value is -0.123. The molecule has 0 aliphatic carbocycles. The van der Waals surface area contributed by atoms with Crippen molar-refractivity contribution in [3.63, 3.8) is 0 Å². The highest BCUT2D eigenvalue weighted by Crippen LogP contribution is 2.20. The van der Waals surface area contributed by atoms with Crippen molar-refractivity contribution >= 4 is 10.2 Å². The fourth-order valence-electron chi connectivity index (χ4n) is 2.74. The highest BCUT2D eigenvalue weighted by atomic mass is 28.1. The molecule has 0 spiro atoms. The molecule has 0 atom stereocenters. The van der Waals surface area contributed by atoms with Crippen LogP contribution in [0.3, 0.4) is 0 Å². The third kappa shape index (κ3) is 2.92. The van der Waals surface area contributed by atoms with E-state index in [1.807, 2.05) is 0 Å². The Morgan fingerprint density at radius 3 is 1.80 bits per heavy atom. The lowest BCUT2D eigenvalue weighted by atomic mass is 10.3. The lowest BCUT2D eigenvalue weighted by Crippen LogP contribution is -2.44. The summed E-state index contributed by atoms with van der Waals surface area (Å²) in [5.74, 6) is 0. The van der Waals surface area contributed by atoms with Gasteiger partial charge in [-0.05, 0) is 57.9 Å². The van der Waals surface area contributed by atoms with Crippen molar-refractivity contribution in [1.82, 2.24) is 9.80 Å². The lowest BCUT2D eigenvalue weighted by Gasteiger charge is -2.32. The van der Waals surface area contributed by atoms with Gasteiger partial charge in [-0.3, -0.25) is 9.80 Å². The smallest absolute Gasteiger partial charge is 0.0814 e. The molecule has 0 bridgehead atoms. The molecule has 0 radical (unpaired) electrons. The zero-order chi connectivity index (χ0) is 10.5. The van der Waals surface area contributed by atoms with Crippen LogP contribution in [0.4, 0.5) is 0 Å². The summed E-state index contributed by atoms with van der Waals surface area (Å²) in [6.07, 6.45) is 11.1. The van der Waals surface area contributed by atoms with Crippen LogP contribution < -0.4 is 0 Å². The second-order valence-corrected chi connectivity index (χ2v) is 5.55. The van der Waals surface area contributed by atoms with Gasteiger partial charge in [0.25, 0.3) is 0 Å². The minimum atomic E-state index is 0.629. The summed E-state index contributed by atoms with van der Waals surface area (Å²) < 4.78 is 0. The Balaban J connectivity index is 1.97. The van der Waals surface area contributed by atoms with Gasteiger partial charge >= 0.3 is 0 Å². The number of allylic oxidation sites excluding steroid dienone is 1. The first-order valence-corrected chi connectivity index (χ1v) is 7.98. The Bertz CT molecular complexity index is 190. The standard InChI is InChI=1S/C12H24N2Si/c15-11-5-6-12(13-7-1-2-8-13)14-9-3-4-10-14/h5-6,12H,1-4,7-11H2,15H3. The molecule has 2 aliphatic rings. The van der Waals surface area contributed by atoms with Crippen molar-refractivity contribution in [1.29, 1.82) is 0 Å². The number of rotatable bonds is 4. The van der Waals surface area contributed by atoms with Gasteiger partial charge in [0.1, 0.15) is 0 Å². The maximum atomic E-state index is 2.67. The first-order valence-electron chi connectivity index (χ1n) is 6.56. The van der Waals surface area contributed by atoms with Crippen LogP contribution in [0, 0.1) is 0 Å². The largest absolute Gasteiger partial charge is 0.285 e. The van der Waals surface area contributed by atoms with Gasteiger partial charge in [0.05, 0.1) is 6.17 Å². The van der Waals surface area contributed by atoms with Crippen LogP contribution in [0.1, 0.15) is 25.7 Å². The molecule has 86 valence electrons. The van der Waals surface area contributed by atoms with E-state index in [4.69, 9.17) is 0 Å². The molecular weight excluding hydrogens is 200 g/mol. The number of likely N-dealkylation sites (tertiary alicyclic amines) is 2. The topological polar surface area (TPSA) is 6.48 Å². The van der Waals surface area contributed by atoms with Crippen LogP contribution in [0.15, 0.2) is 12.2 Å². The van der Waals surface area contributed by atoms with Crippen molar-refractivity contribution in [3.8, 4) is 0 Å². The molecule has 2 heterocycles. The molecule has 0 N–H and O–H groups in total. The normalized spacial score (nSPS) is 25.1. The Morgan fingerprint density at radius 1 is 0.933 bits per heavy atom. The van der Waals surface area contributed by atoms with E-state index in [0.29, 0.717) is 6.17 Å². The van der Waals surface area contributed by atoms with Gasteiger partial charge in [-0.1, -0.05) is 12.2 Å². The van der Waals surface area contributed by atoms with Gasteiger partial charge in [0, 0.05) is 10.2 Å². The van der Waals surface area contributed by atoms with E-state index in [1.54, 1.807) is 0 Å². The van der Waals surface area contributed by atoms with Gasteiger partial charge < -0.3 is 0 Å². The summed E-state index contributed by atoms with van der Waals surface area (Å²) in [5.41, 5.74) is 0. The van der Waals surface area contributed by atoms with Crippen LogP contribution in [0.25, 0.3) is 0 Å². The van der Waals surface area contributed by atoms with E-state index in [9.17, 15) is 0 Å². The second-order valence-electron chi connectivity index (χ2n) is 4.74. The average Bonchev–Trinajstić information content (AvgIpc) is 2.90. The average molecular weight is 224 g/mol. The molecule has 0 aromatic carbocycles. The van der Waals surface area contributed by atoms with Crippen LogP contribution in [-0.4, -0.2) is 52.4 Å². The van der Waals surface area contributed by atoms with Crippen LogP contribution >= 0.6 is 0 Å². The minimum Gasteiger partial charge on any atom is -0.285 e. The predicted octanol–water partition coefficient (Wildman–Crippen LogP) is 0.844. The number of hydrogen-bond acceptors (Lipinski definition) is 2. The van der Waals surface area contributed by atoms with E-state index >= 15 is 0 Å². The summed E-state index contributed by atoms with van der Waals surface area (Å²) in [7, 11) is 1.30. The van der Waals surface area contributed by atoms with Gasteiger partial charge in [-0.25, -0.2) is 0 Å². The summed E-state index contributed by atoms with van der Waals surface area (Å²) >= 11 is 0. The van der Waals surface area contributed by atoms with Crippen LogP contribution in [-0.2, 0) is 0 Å². The summed E-state index contributed by atoms with van der Waals surface area (Å²) in [6, 6.07) is 1.30. The first kappa shape index (κ1) is 11.4. The van der Waals surface area contributed by atoms with Gasteiger partial charge in [0.15, 0.2) is 0 Å². The third-order valence-electron chi connectivity index (χ3n) is 3.57. The summed E-state index contributed by atoms with van der Waals surface area (Å²) in [5, 5.41) is 0. The third-order valence-corrected chi connectivity index (χ3v) is 4.04. The molecule has 2 rings (SSSR count). The van der Waals surface area contributed by atoms with Crippen molar-refractivity contribution in [2.45, 2.75) is 37.9 Å². The molecule has 0 unspecified atom stereocenters. The quantitative estimate of drug-likeness (QED) is 0.516. The van der Waals surface area contributed by atoms with Crippen molar-refractivity contribution in [2.75, 3.05) is 26.2 Å². The molecule has 0 aromatic rings. The zero-order valence-corrected chi connectivity index (χ0v) is 12.0. The molecule has 2 nitrogen and oxygen atoms in total. The molecule has 3 heteroatoms. The first-order chi connectivity index (χ1) is 7.42. The van der Waals surface area contributed by atoms with Crippen molar-refractivity contribution in [3.05, 3.63) is 12.2 Å². The van der Waals surface area contributed by atoms with Crippen molar-refractivity contribution in [2.24, 2.45) is 0 Å². The highest BCUT2D eigenvalue weighted by Gasteiger charge is 2.26. The molecular formula is C12H24N2Si. The molecule has 15 heavy (non-hydrogen) atoms. The van der Waals surface area contributed by atoms with E-state index in [0.717, 1.165) is 0 Å². The highest BCUT2D eigenvalue weighted by molar-refractivity contribution is 6.09. The molecule has 0 aromatic heterocycles. The predicted molar refractivity (Wildman–Crippen MR) is 69.3 cm³/mol. The molecule has 0 saturated carbocycles. The fourth-order valence-corrected chi connectivity index (χ4v) is 3.02. The fraction of sp³-hybridized carbons (Fsp3) is 0.833. The molecule has 0 amide bonds. The van der Waals surface area contributed by atoms with Gasteiger partial charge in [-0.15, -0.1) is 0 Å². The van der Waals surface area contributed by atoms with E-state index < -0.39 is 0 Å². The molecule has 2 saturated heterocycles. The van der Waals surface area contributed by atoms with E-state index in [1.165, 1.54) is 68.1 Å². The Morgan fingerprint density at radius 2 is 1.40 bits per heavy atom. The lowest BCUT2D eigenvalue weighted by molar-refractivity contribution is 0.118. The Labute approximate surface area is 96.7 Å². The van der Waals surface area contributed by atoms with Crippen molar-refractivity contribution < 1.29 is 0 Å². The second kappa shape index (κ2) is 5.82. The van der Waals surface area contributed by atoms with E-state index in [2.05, 4.69) is 22.0 Å². The number of nitrogens with zero attached hydrogens (tertiary/aromatic N) is 2. The summed E-state index contributed by atoms with van der Waals surface area (Å²) in [4.78, 5) is 5.33. The monoisotopic (exact) mass is 224 g/mol. The SMILES string of the molecule is [SiH3]CC=CC(N1CCCC1)N1CCCC1. The molecule has 2 fully saturated rings. The minimum absolute atomic E-state index is 0.629. The van der Waals surface area contributed by atoms with Gasteiger partial charge in [0.2, 0.25) is 0 Å². The maximum absolute atomic E-state index is 2.67. The Kier molecular flexibility index (Phi) is 4.41. The zero-order valence-electron chi connectivity index (χ0n) is 9.99. The number of hydrogen-bond donors (Lipinski definition) is 0. The van der Waals surface area contributed by atoms with Crippen LogP contribution in [0.5, 0.6) is 0 Å². The molecule has 2 aliphatic heterocycles. The summed E-state index contributed by atoms with van der Waals surface area (Å²) in [6.45, 7) is 5.25. The maximum Gasteiger partial charge on any atom is 0.0814 e. The van der Waals surface area contributed by atoms with E-state index in [-0.39, 0.29) is 0 Å². The van der Waals surface area contributed by atoms with Gasteiger partial charge in [-0.2, -0.15) is 0 Å². The van der Waals surface area contributed by atoms with Crippen LogP contribution in [0.2, 0.25) is 6.04 Å².